The van der Waals surface area contributed by atoms with Gasteiger partial charge in [-0.15, -0.1) is 0 Å². The SMILES string of the molecule is Cc1ncccc1-c1cc(C2CCCN2C(=O)OC(C)(C)C)on1. The number of aryl methyl sites for hydroxylation is 1. The number of hydrogen-bond acceptors (Lipinski definition) is 5. The van der Waals surface area contributed by atoms with Crippen LogP contribution in [0, 0.1) is 6.92 Å². The van der Waals surface area contributed by atoms with E-state index < -0.39 is 5.60 Å². The highest BCUT2D eigenvalue weighted by Crippen LogP contribution is 2.35. The summed E-state index contributed by atoms with van der Waals surface area (Å²) in [6.07, 6.45) is 3.22. The van der Waals surface area contributed by atoms with Crippen molar-refractivity contribution in [1.82, 2.24) is 15.0 Å². The van der Waals surface area contributed by atoms with Crippen LogP contribution in [0.2, 0.25) is 0 Å². The van der Waals surface area contributed by atoms with E-state index >= 15 is 0 Å². The van der Waals surface area contributed by atoms with E-state index in [1.807, 2.05) is 45.9 Å². The molecule has 3 heterocycles. The van der Waals surface area contributed by atoms with E-state index in [-0.39, 0.29) is 12.1 Å². The molecule has 1 fully saturated rings. The molecule has 1 saturated heterocycles. The van der Waals surface area contributed by atoms with Crippen LogP contribution in [0.1, 0.15) is 51.1 Å². The first-order valence-electron chi connectivity index (χ1n) is 8.23. The molecule has 1 atom stereocenters. The lowest BCUT2D eigenvalue weighted by atomic mass is 10.1. The molecule has 1 unspecified atom stereocenters. The van der Waals surface area contributed by atoms with Crippen molar-refractivity contribution in [3.05, 3.63) is 35.9 Å². The summed E-state index contributed by atoms with van der Waals surface area (Å²) in [5, 5.41) is 4.17. The van der Waals surface area contributed by atoms with Gasteiger partial charge in [0.1, 0.15) is 11.3 Å². The molecular weight excluding hydrogens is 306 g/mol. The molecule has 6 nitrogen and oxygen atoms in total. The Morgan fingerprint density at radius 2 is 2.21 bits per heavy atom. The lowest BCUT2D eigenvalue weighted by Gasteiger charge is -2.27. The topological polar surface area (TPSA) is 68.5 Å². The van der Waals surface area contributed by atoms with Crippen molar-refractivity contribution in [2.24, 2.45) is 0 Å². The van der Waals surface area contributed by atoms with Gasteiger partial charge < -0.3 is 9.26 Å². The van der Waals surface area contributed by atoms with Crippen LogP contribution < -0.4 is 0 Å². The van der Waals surface area contributed by atoms with Crippen molar-refractivity contribution in [2.45, 2.75) is 52.2 Å². The van der Waals surface area contributed by atoms with Crippen molar-refractivity contribution in [2.75, 3.05) is 6.54 Å². The average Bonchev–Trinajstić information content (AvgIpc) is 3.14. The van der Waals surface area contributed by atoms with Crippen LogP contribution >= 0.6 is 0 Å². The second kappa shape index (κ2) is 6.26. The van der Waals surface area contributed by atoms with Gasteiger partial charge in [0.15, 0.2) is 5.76 Å². The summed E-state index contributed by atoms with van der Waals surface area (Å²) in [6.45, 7) is 8.21. The molecule has 128 valence electrons. The first-order chi connectivity index (χ1) is 11.3. The van der Waals surface area contributed by atoms with Crippen LogP contribution in [0.5, 0.6) is 0 Å². The number of nitrogens with zero attached hydrogens (tertiary/aromatic N) is 3. The van der Waals surface area contributed by atoms with Gasteiger partial charge in [0.2, 0.25) is 0 Å². The van der Waals surface area contributed by atoms with Crippen molar-refractivity contribution >= 4 is 6.09 Å². The first-order valence-corrected chi connectivity index (χ1v) is 8.23. The molecule has 0 aliphatic carbocycles. The van der Waals surface area contributed by atoms with Crippen LogP contribution in [0.3, 0.4) is 0 Å². The number of aromatic nitrogens is 2. The van der Waals surface area contributed by atoms with Gasteiger partial charge in [-0.2, -0.15) is 0 Å². The minimum atomic E-state index is -0.510. The molecule has 0 spiro atoms. The lowest BCUT2D eigenvalue weighted by molar-refractivity contribution is 0.0204. The second-order valence-corrected chi connectivity index (χ2v) is 7.08. The van der Waals surface area contributed by atoms with Crippen molar-refractivity contribution in [1.29, 1.82) is 0 Å². The molecule has 1 aliphatic heterocycles. The molecule has 0 aromatic carbocycles. The van der Waals surface area contributed by atoms with Gasteiger partial charge in [-0.1, -0.05) is 5.16 Å². The van der Waals surface area contributed by atoms with Gasteiger partial charge in [-0.05, 0) is 52.7 Å². The highest BCUT2D eigenvalue weighted by Gasteiger charge is 2.35. The Kier molecular flexibility index (Phi) is 4.30. The van der Waals surface area contributed by atoms with E-state index in [4.69, 9.17) is 9.26 Å². The van der Waals surface area contributed by atoms with Crippen molar-refractivity contribution in [3.8, 4) is 11.3 Å². The molecule has 3 rings (SSSR count). The number of amides is 1. The predicted molar refractivity (Wildman–Crippen MR) is 89.4 cm³/mol. The standard InChI is InChI=1S/C18H23N3O3/c1-12-13(7-5-9-19-12)14-11-16(24-20-14)15-8-6-10-21(15)17(22)23-18(2,3)4/h5,7,9,11,15H,6,8,10H2,1-4H3. The Morgan fingerprint density at radius 3 is 2.92 bits per heavy atom. The van der Waals surface area contributed by atoms with E-state index in [2.05, 4.69) is 10.1 Å². The van der Waals surface area contributed by atoms with Gasteiger partial charge in [-0.25, -0.2) is 4.79 Å². The molecule has 0 saturated carbocycles. The fourth-order valence-corrected chi connectivity index (χ4v) is 2.93. The fraction of sp³-hybridized carbons (Fsp3) is 0.500. The Balaban J connectivity index is 1.81. The van der Waals surface area contributed by atoms with Crippen LogP contribution in [0.4, 0.5) is 4.79 Å². The average molecular weight is 329 g/mol. The maximum Gasteiger partial charge on any atom is 0.410 e. The molecule has 1 amide bonds. The number of hydrogen-bond donors (Lipinski definition) is 0. The Bertz CT molecular complexity index is 733. The molecular formula is C18H23N3O3. The normalized spacial score (nSPS) is 18.0. The zero-order valence-corrected chi connectivity index (χ0v) is 14.6. The van der Waals surface area contributed by atoms with Crippen molar-refractivity contribution < 1.29 is 14.1 Å². The Hall–Kier alpha value is -2.37. The Morgan fingerprint density at radius 1 is 1.42 bits per heavy atom. The molecule has 0 radical (unpaired) electrons. The number of carbonyl (C=O) groups excluding carboxylic acids is 1. The zero-order chi connectivity index (χ0) is 17.3. The van der Waals surface area contributed by atoms with Gasteiger partial charge in [-0.3, -0.25) is 9.88 Å². The summed E-state index contributed by atoms with van der Waals surface area (Å²) in [6, 6.07) is 5.61. The van der Waals surface area contributed by atoms with E-state index in [1.165, 1.54) is 0 Å². The number of pyridine rings is 1. The summed E-state index contributed by atoms with van der Waals surface area (Å²) < 4.78 is 11.0. The zero-order valence-electron chi connectivity index (χ0n) is 14.6. The van der Waals surface area contributed by atoms with Crippen LogP contribution in [0.15, 0.2) is 28.9 Å². The molecule has 0 bridgehead atoms. The van der Waals surface area contributed by atoms with Gasteiger partial charge in [0.25, 0.3) is 0 Å². The van der Waals surface area contributed by atoms with Crippen LogP contribution in [-0.4, -0.2) is 33.3 Å². The Labute approximate surface area is 141 Å². The van der Waals surface area contributed by atoms with Crippen LogP contribution in [-0.2, 0) is 4.74 Å². The third kappa shape index (κ3) is 3.42. The second-order valence-electron chi connectivity index (χ2n) is 7.08. The quantitative estimate of drug-likeness (QED) is 0.829. The highest BCUT2D eigenvalue weighted by molar-refractivity contribution is 5.69. The fourth-order valence-electron chi connectivity index (χ4n) is 2.93. The minimum Gasteiger partial charge on any atom is -0.444 e. The van der Waals surface area contributed by atoms with Gasteiger partial charge in [0.05, 0.1) is 6.04 Å². The summed E-state index contributed by atoms with van der Waals surface area (Å²) in [5.74, 6) is 0.691. The molecule has 6 heteroatoms. The summed E-state index contributed by atoms with van der Waals surface area (Å²) in [4.78, 5) is 18.4. The van der Waals surface area contributed by atoms with E-state index in [9.17, 15) is 4.79 Å². The van der Waals surface area contributed by atoms with E-state index in [0.717, 1.165) is 29.8 Å². The maximum absolute atomic E-state index is 12.4. The van der Waals surface area contributed by atoms with Gasteiger partial charge in [0, 0.05) is 30.1 Å². The third-order valence-corrected chi connectivity index (χ3v) is 4.02. The lowest BCUT2D eigenvalue weighted by Crippen LogP contribution is -2.36. The largest absolute Gasteiger partial charge is 0.444 e. The van der Waals surface area contributed by atoms with E-state index in [0.29, 0.717) is 12.3 Å². The number of ether oxygens (including phenoxy) is 1. The molecule has 0 N–H and O–H groups in total. The van der Waals surface area contributed by atoms with Crippen molar-refractivity contribution in [3.63, 3.8) is 0 Å². The molecule has 2 aromatic heterocycles. The molecule has 2 aromatic rings. The molecule has 24 heavy (non-hydrogen) atoms. The highest BCUT2D eigenvalue weighted by atomic mass is 16.6. The van der Waals surface area contributed by atoms with E-state index in [1.54, 1.807) is 11.1 Å². The molecule has 1 aliphatic rings. The predicted octanol–water partition coefficient (Wildman–Crippen LogP) is 4.12. The number of likely N-dealkylation sites (tertiary alicyclic amines) is 1. The van der Waals surface area contributed by atoms with Gasteiger partial charge >= 0.3 is 6.09 Å². The smallest absolute Gasteiger partial charge is 0.410 e. The summed E-state index contributed by atoms with van der Waals surface area (Å²) >= 11 is 0. The third-order valence-electron chi connectivity index (χ3n) is 4.02. The monoisotopic (exact) mass is 329 g/mol. The number of carbonyl (C=O) groups is 1. The summed E-state index contributed by atoms with van der Waals surface area (Å²) in [7, 11) is 0. The number of rotatable bonds is 2. The first kappa shape index (κ1) is 16.5. The maximum atomic E-state index is 12.4. The summed E-state index contributed by atoms with van der Waals surface area (Å²) in [5.41, 5.74) is 2.07. The minimum absolute atomic E-state index is 0.127. The van der Waals surface area contributed by atoms with Crippen LogP contribution in [0.25, 0.3) is 11.3 Å².